The number of benzene rings is 1. The predicted molar refractivity (Wildman–Crippen MR) is 142 cm³/mol. The molecule has 0 radical (unpaired) electrons. The maximum absolute atomic E-state index is 13.1. The molecule has 0 aliphatic rings. The number of hydrogen-bond donors (Lipinski definition) is 1. The third-order valence-corrected chi connectivity index (χ3v) is 6.97. The predicted octanol–water partition coefficient (Wildman–Crippen LogP) is 8.99. The number of carboxylic acids is 1. The number of esters is 1. The van der Waals surface area contributed by atoms with Gasteiger partial charge in [0, 0.05) is 0 Å². The van der Waals surface area contributed by atoms with Gasteiger partial charge in [0.25, 0.3) is 0 Å². The first-order chi connectivity index (χ1) is 16.3. The lowest BCUT2D eigenvalue weighted by Gasteiger charge is -2.29. The molecular formula is C30H50O4. The molecule has 194 valence electrons. The summed E-state index contributed by atoms with van der Waals surface area (Å²) in [7, 11) is 0. The van der Waals surface area contributed by atoms with Crippen LogP contribution in [-0.4, -0.2) is 17.0 Å². The van der Waals surface area contributed by atoms with E-state index in [1.807, 2.05) is 25.1 Å². The van der Waals surface area contributed by atoms with Gasteiger partial charge in [0.15, 0.2) is 0 Å². The first-order valence-electron chi connectivity index (χ1n) is 13.8. The molecule has 1 N–H and O–H groups in total. The number of carbonyl (C=O) groups excluding carboxylic acids is 1. The summed E-state index contributed by atoms with van der Waals surface area (Å²) in [5.74, 6) is -0.482. The summed E-state index contributed by atoms with van der Waals surface area (Å²) in [5.41, 5.74) is 0.969. The molecule has 1 aromatic rings. The summed E-state index contributed by atoms with van der Waals surface area (Å²) in [5, 5.41) is 10.3. The van der Waals surface area contributed by atoms with Gasteiger partial charge in [0.2, 0.25) is 0 Å². The summed E-state index contributed by atoms with van der Waals surface area (Å²) in [6.45, 7) is 10.5. The second-order valence-corrected chi connectivity index (χ2v) is 10.5. The van der Waals surface area contributed by atoms with Gasteiger partial charge in [-0.25, -0.2) is 0 Å². The van der Waals surface area contributed by atoms with Crippen molar-refractivity contribution in [3.8, 4) is 5.75 Å². The van der Waals surface area contributed by atoms with Crippen LogP contribution in [0, 0.1) is 12.3 Å². The first-order valence-corrected chi connectivity index (χ1v) is 13.8. The Balaban J connectivity index is 2.90. The van der Waals surface area contributed by atoms with Crippen molar-refractivity contribution in [1.29, 1.82) is 0 Å². The van der Waals surface area contributed by atoms with Gasteiger partial charge in [-0.1, -0.05) is 117 Å². The van der Waals surface area contributed by atoms with Crippen molar-refractivity contribution in [3.63, 3.8) is 0 Å². The number of carbonyl (C=O) groups is 2. The lowest BCUT2D eigenvalue weighted by Crippen LogP contribution is -2.35. The maximum Gasteiger partial charge on any atom is 0.312 e. The van der Waals surface area contributed by atoms with Gasteiger partial charge in [-0.2, -0.15) is 0 Å². The van der Waals surface area contributed by atoms with Crippen LogP contribution in [0.15, 0.2) is 18.2 Å². The van der Waals surface area contributed by atoms with E-state index in [9.17, 15) is 14.7 Å². The van der Waals surface area contributed by atoms with E-state index < -0.39 is 17.4 Å². The molecule has 1 rings (SSSR count). The van der Waals surface area contributed by atoms with Crippen LogP contribution in [-0.2, 0) is 9.59 Å². The highest BCUT2D eigenvalue weighted by atomic mass is 16.5. The van der Waals surface area contributed by atoms with E-state index in [4.69, 9.17) is 4.74 Å². The second-order valence-electron chi connectivity index (χ2n) is 10.5. The topological polar surface area (TPSA) is 63.6 Å². The molecule has 0 atom stereocenters. The number of hydrogen-bond acceptors (Lipinski definition) is 3. The van der Waals surface area contributed by atoms with E-state index >= 15 is 0 Å². The zero-order chi connectivity index (χ0) is 25.4. The smallest absolute Gasteiger partial charge is 0.312 e. The van der Waals surface area contributed by atoms with Gasteiger partial charge in [0.1, 0.15) is 5.75 Å². The highest BCUT2D eigenvalue weighted by molar-refractivity contribution is 5.83. The molecule has 0 bridgehead atoms. The van der Waals surface area contributed by atoms with Crippen molar-refractivity contribution >= 4 is 11.9 Å². The van der Waals surface area contributed by atoms with Crippen LogP contribution in [0.1, 0.15) is 141 Å². The van der Waals surface area contributed by atoms with Crippen LogP contribution in [0.3, 0.4) is 0 Å². The van der Waals surface area contributed by atoms with Gasteiger partial charge < -0.3 is 9.84 Å². The Morgan fingerprint density at radius 3 is 1.82 bits per heavy atom. The number of rotatable bonds is 19. The van der Waals surface area contributed by atoms with Crippen LogP contribution in [0.4, 0.5) is 0 Å². The summed E-state index contributed by atoms with van der Waals surface area (Å²) < 4.78 is 5.81. The first kappa shape index (κ1) is 30.2. The Hall–Kier alpha value is -1.84. The second kappa shape index (κ2) is 16.7. The molecule has 0 aromatic heterocycles. The van der Waals surface area contributed by atoms with E-state index in [2.05, 4.69) is 27.7 Å². The molecule has 1 aromatic carbocycles. The van der Waals surface area contributed by atoms with E-state index in [0.29, 0.717) is 18.6 Å². The highest BCUT2D eigenvalue weighted by Gasteiger charge is 2.40. The molecule has 4 nitrogen and oxygen atoms in total. The zero-order valence-corrected chi connectivity index (χ0v) is 22.6. The van der Waals surface area contributed by atoms with Crippen molar-refractivity contribution < 1.29 is 19.4 Å². The van der Waals surface area contributed by atoms with E-state index in [0.717, 1.165) is 49.7 Å². The van der Waals surface area contributed by atoms with Gasteiger partial charge >= 0.3 is 11.9 Å². The zero-order valence-electron chi connectivity index (χ0n) is 22.6. The van der Waals surface area contributed by atoms with E-state index in [-0.39, 0.29) is 12.3 Å². The Kier molecular flexibility index (Phi) is 14.9. The Labute approximate surface area is 208 Å². The quantitative estimate of drug-likeness (QED) is 0.123. The van der Waals surface area contributed by atoms with Crippen molar-refractivity contribution in [2.24, 2.45) is 5.41 Å². The minimum atomic E-state index is -1.03. The molecule has 0 amide bonds. The molecule has 0 aliphatic heterocycles. The molecule has 0 fully saturated rings. The lowest BCUT2D eigenvalue weighted by molar-refractivity contribution is -0.156. The van der Waals surface area contributed by atoms with Crippen molar-refractivity contribution in [2.45, 2.75) is 137 Å². The Morgan fingerprint density at radius 2 is 1.35 bits per heavy atom. The van der Waals surface area contributed by atoms with Gasteiger partial charge in [-0.05, 0) is 42.9 Å². The normalized spacial score (nSPS) is 11.7. The third kappa shape index (κ3) is 11.1. The van der Waals surface area contributed by atoms with E-state index in [1.54, 1.807) is 0 Å². The standard InChI is InChI=1S/C30H50O4/c1-6-8-10-12-14-16-20-30(29(32)33,21-17-15-13-11-9-7-2)23-28(31)34-27-22-25(5)18-19-26(27)24(3)4/h18-19,22,24H,6-17,20-21,23H2,1-5H3,(H,32,33). The summed E-state index contributed by atoms with van der Waals surface area (Å²) in [6, 6.07) is 5.90. The molecule has 0 aliphatic carbocycles. The number of ether oxygens (including phenoxy) is 1. The summed E-state index contributed by atoms with van der Waals surface area (Å²) >= 11 is 0. The fraction of sp³-hybridized carbons (Fsp3) is 0.733. The average molecular weight is 475 g/mol. The minimum Gasteiger partial charge on any atom is -0.481 e. The van der Waals surface area contributed by atoms with Crippen LogP contribution in [0.25, 0.3) is 0 Å². The van der Waals surface area contributed by atoms with Crippen molar-refractivity contribution in [1.82, 2.24) is 0 Å². The van der Waals surface area contributed by atoms with Gasteiger partial charge in [-0.3, -0.25) is 9.59 Å². The van der Waals surface area contributed by atoms with E-state index in [1.165, 1.54) is 38.5 Å². The number of carboxylic acid groups (broad SMARTS) is 1. The summed E-state index contributed by atoms with van der Waals surface area (Å²) in [4.78, 5) is 25.6. The highest BCUT2D eigenvalue weighted by Crippen LogP contribution is 2.37. The monoisotopic (exact) mass is 474 g/mol. The Morgan fingerprint density at radius 1 is 0.853 bits per heavy atom. The molecule has 4 heteroatoms. The fourth-order valence-electron chi connectivity index (χ4n) is 4.72. The lowest BCUT2D eigenvalue weighted by atomic mass is 9.75. The number of aliphatic carboxylic acids is 1. The SMILES string of the molecule is CCCCCCCCC(CCCCCCCC)(CC(=O)Oc1cc(C)ccc1C(C)C)C(=O)O. The number of aryl methyl sites for hydroxylation is 1. The minimum absolute atomic E-state index is 0.0578. The van der Waals surface area contributed by atoms with Crippen molar-refractivity contribution in [3.05, 3.63) is 29.3 Å². The molecular weight excluding hydrogens is 424 g/mol. The van der Waals surface area contributed by atoms with Gasteiger partial charge in [0.05, 0.1) is 11.8 Å². The summed E-state index contributed by atoms with van der Waals surface area (Å²) in [6.07, 6.45) is 14.3. The average Bonchev–Trinajstić information content (AvgIpc) is 2.77. The van der Waals surface area contributed by atoms with Crippen LogP contribution >= 0.6 is 0 Å². The molecule has 0 saturated heterocycles. The molecule has 0 heterocycles. The van der Waals surface area contributed by atoms with Crippen LogP contribution < -0.4 is 4.74 Å². The van der Waals surface area contributed by atoms with Crippen molar-refractivity contribution in [2.75, 3.05) is 0 Å². The van der Waals surface area contributed by atoms with Crippen LogP contribution in [0.2, 0.25) is 0 Å². The molecule has 0 saturated carbocycles. The van der Waals surface area contributed by atoms with Crippen LogP contribution in [0.5, 0.6) is 5.75 Å². The Bertz CT molecular complexity index is 707. The molecule has 34 heavy (non-hydrogen) atoms. The number of unbranched alkanes of at least 4 members (excludes halogenated alkanes) is 10. The largest absolute Gasteiger partial charge is 0.481 e. The molecule has 0 unspecified atom stereocenters. The van der Waals surface area contributed by atoms with Gasteiger partial charge in [-0.15, -0.1) is 0 Å². The third-order valence-electron chi connectivity index (χ3n) is 6.97. The molecule has 0 spiro atoms. The maximum atomic E-state index is 13.1. The fourth-order valence-corrected chi connectivity index (χ4v) is 4.72.